The molecule has 3 rings (SSSR count). The number of amides is 1. The molecule has 1 aromatic rings. The van der Waals surface area contributed by atoms with Crippen LogP contribution in [0.25, 0.3) is 0 Å². The van der Waals surface area contributed by atoms with E-state index in [9.17, 15) is 4.79 Å². The first kappa shape index (κ1) is 11.5. The molecule has 0 aliphatic carbocycles. The summed E-state index contributed by atoms with van der Waals surface area (Å²) < 4.78 is 0. The van der Waals surface area contributed by atoms with Crippen LogP contribution >= 0.6 is 0 Å². The Hall–Kier alpha value is -1.55. The van der Waals surface area contributed by atoms with E-state index in [1.165, 1.54) is 6.42 Å². The predicted molar refractivity (Wildman–Crippen MR) is 72.9 cm³/mol. The summed E-state index contributed by atoms with van der Waals surface area (Å²) in [5.41, 5.74) is 2.10. The standard InChI is InChI=1S/C14H19N3O/c18-14-10-17(8-6-11-5-7-15-9-11)13-4-2-1-3-12(13)16-14/h1-4,11,15H,5-10H2,(H,16,18). The van der Waals surface area contributed by atoms with Gasteiger partial charge in [-0.05, 0) is 44.0 Å². The van der Waals surface area contributed by atoms with Crippen LogP contribution in [0.3, 0.4) is 0 Å². The average molecular weight is 245 g/mol. The maximum absolute atomic E-state index is 11.7. The highest BCUT2D eigenvalue weighted by Gasteiger charge is 2.22. The number of fused-ring (bicyclic) bond motifs is 1. The Morgan fingerprint density at radius 1 is 1.33 bits per heavy atom. The maximum Gasteiger partial charge on any atom is 0.243 e. The molecule has 2 aliphatic rings. The number of hydrogen-bond donors (Lipinski definition) is 2. The molecule has 1 aromatic carbocycles. The molecule has 1 unspecified atom stereocenters. The lowest BCUT2D eigenvalue weighted by atomic mass is 10.0. The van der Waals surface area contributed by atoms with Gasteiger partial charge in [0.2, 0.25) is 5.91 Å². The summed E-state index contributed by atoms with van der Waals surface area (Å²) in [6, 6.07) is 8.04. The zero-order valence-corrected chi connectivity index (χ0v) is 10.5. The van der Waals surface area contributed by atoms with Gasteiger partial charge in [0.05, 0.1) is 17.9 Å². The number of rotatable bonds is 3. The molecule has 1 fully saturated rings. The molecule has 0 aromatic heterocycles. The quantitative estimate of drug-likeness (QED) is 0.847. The molecule has 18 heavy (non-hydrogen) atoms. The molecule has 1 saturated heterocycles. The molecule has 96 valence electrons. The van der Waals surface area contributed by atoms with E-state index in [1.807, 2.05) is 18.2 Å². The van der Waals surface area contributed by atoms with Crippen LogP contribution in [0.4, 0.5) is 11.4 Å². The summed E-state index contributed by atoms with van der Waals surface area (Å²) in [6.45, 7) is 3.72. The van der Waals surface area contributed by atoms with E-state index >= 15 is 0 Å². The number of nitrogens with zero attached hydrogens (tertiary/aromatic N) is 1. The Morgan fingerprint density at radius 2 is 2.22 bits per heavy atom. The topological polar surface area (TPSA) is 44.4 Å². The minimum atomic E-state index is 0.0956. The van der Waals surface area contributed by atoms with Crippen LogP contribution in [0.15, 0.2) is 24.3 Å². The van der Waals surface area contributed by atoms with Crippen LogP contribution < -0.4 is 15.5 Å². The zero-order chi connectivity index (χ0) is 12.4. The Labute approximate surface area is 107 Å². The fourth-order valence-corrected chi connectivity index (χ4v) is 2.80. The van der Waals surface area contributed by atoms with E-state index < -0.39 is 0 Å². The Morgan fingerprint density at radius 3 is 3.06 bits per heavy atom. The van der Waals surface area contributed by atoms with Crippen LogP contribution in [0.1, 0.15) is 12.8 Å². The minimum absolute atomic E-state index is 0.0956. The van der Waals surface area contributed by atoms with Gasteiger partial charge in [0.15, 0.2) is 0 Å². The highest BCUT2D eigenvalue weighted by Crippen LogP contribution is 2.29. The van der Waals surface area contributed by atoms with Gasteiger partial charge in [-0.3, -0.25) is 4.79 Å². The summed E-state index contributed by atoms with van der Waals surface area (Å²) in [6.07, 6.45) is 2.43. The smallest absolute Gasteiger partial charge is 0.243 e. The SMILES string of the molecule is O=C1CN(CCC2CCNC2)c2ccccc2N1. The van der Waals surface area contributed by atoms with E-state index in [-0.39, 0.29) is 5.91 Å². The van der Waals surface area contributed by atoms with Crippen molar-refractivity contribution in [3.05, 3.63) is 24.3 Å². The van der Waals surface area contributed by atoms with Gasteiger partial charge in [0, 0.05) is 6.54 Å². The number of hydrogen-bond acceptors (Lipinski definition) is 3. The second-order valence-corrected chi connectivity index (χ2v) is 5.13. The second kappa shape index (κ2) is 4.98. The molecular formula is C14H19N3O. The van der Waals surface area contributed by atoms with Crippen LogP contribution in [0.5, 0.6) is 0 Å². The van der Waals surface area contributed by atoms with Gasteiger partial charge < -0.3 is 15.5 Å². The van der Waals surface area contributed by atoms with Crippen LogP contribution in [-0.4, -0.2) is 32.1 Å². The van der Waals surface area contributed by atoms with Crippen molar-refractivity contribution in [2.45, 2.75) is 12.8 Å². The highest BCUT2D eigenvalue weighted by molar-refractivity contribution is 6.01. The van der Waals surface area contributed by atoms with E-state index in [1.54, 1.807) is 0 Å². The first-order chi connectivity index (χ1) is 8.83. The third-order valence-corrected chi connectivity index (χ3v) is 3.82. The normalized spacial score (nSPS) is 22.8. The van der Waals surface area contributed by atoms with E-state index in [0.29, 0.717) is 6.54 Å². The van der Waals surface area contributed by atoms with Crippen molar-refractivity contribution < 1.29 is 4.79 Å². The summed E-state index contributed by atoms with van der Waals surface area (Å²) in [5.74, 6) is 0.861. The highest BCUT2D eigenvalue weighted by atomic mass is 16.2. The average Bonchev–Trinajstić information content (AvgIpc) is 2.89. The fraction of sp³-hybridized carbons (Fsp3) is 0.500. The van der Waals surface area contributed by atoms with Crippen molar-refractivity contribution >= 4 is 17.3 Å². The number of carbonyl (C=O) groups excluding carboxylic acids is 1. The Kier molecular flexibility index (Phi) is 3.19. The molecular weight excluding hydrogens is 226 g/mol. The third-order valence-electron chi connectivity index (χ3n) is 3.82. The molecule has 1 amide bonds. The van der Waals surface area contributed by atoms with E-state index in [4.69, 9.17) is 0 Å². The Balaban J connectivity index is 1.69. The number of nitrogens with one attached hydrogen (secondary N) is 2. The largest absolute Gasteiger partial charge is 0.361 e. The monoisotopic (exact) mass is 245 g/mol. The lowest BCUT2D eigenvalue weighted by Crippen LogP contribution is -2.39. The van der Waals surface area contributed by atoms with Gasteiger partial charge in [0.25, 0.3) is 0 Å². The minimum Gasteiger partial charge on any atom is -0.361 e. The van der Waals surface area contributed by atoms with Crippen molar-refractivity contribution in [2.75, 3.05) is 36.4 Å². The van der Waals surface area contributed by atoms with Crippen LogP contribution in [0, 0.1) is 5.92 Å². The zero-order valence-electron chi connectivity index (χ0n) is 10.5. The number of benzene rings is 1. The van der Waals surface area contributed by atoms with Gasteiger partial charge >= 0.3 is 0 Å². The van der Waals surface area contributed by atoms with Crippen LogP contribution in [-0.2, 0) is 4.79 Å². The molecule has 0 spiro atoms. The van der Waals surface area contributed by atoms with E-state index in [2.05, 4.69) is 21.6 Å². The van der Waals surface area contributed by atoms with Crippen molar-refractivity contribution in [3.63, 3.8) is 0 Å². The van der Waals surface area contributed by atoms with E-state index in [0.717, 1.165) is 43.3 Å². The first-order valence-corrected chi connectivity index (χ1v) is 6.67. The molecule has 2 heterocycles. The van der Waals surface area contributed by atoms with Crippen molar-refractivity contribution in [1.29, 1.82) is 0 Å². The van der Waals surface area contributed by atoms with Gasteiger partial charge in [-0.25, -0.2) is 0 Å². The summed E-state index contributed by atoms with van der Waals surface area (Å²) in [5, 5.41) is 6.32. The van der Waals surface area contributed by atoms with Gasteiger partial charge in [-0.15, -0.1) is 0 Å². The first-order valence-electron chi connectivity index (χ1n) is 6.67. The number of anilines is 2. The van der Waals surface area contributed by atoms with Gasteiger partial charge in [-0.2, -0.15) is 0 Å². The molecule has 2 aliphatic heterocycles. The lowest BCUT2D eigenvalue weighted by molar-refractivity contribution is -0.115. The molecule has 0 radical (unpaired) electrons. The third kappa shape index (κ3) is 2.34. The molecule has 1 atom stereocenters. The van der Waals surface area contributed by atoms with Crippen molar-refractivity contribution in [1.82, 2.24) is 5.32 Å². The Bertz CT molecular complexity index is 440. The van der Waals surface area contributed by atoms with Gasteiger partial charge in [-0.1, -0.05) is 12.1 Å². The molecule has 4 heteroatoms. The van der Waals surface area contributed by atoms with Crippen LogP contribution in [0.2, 0.25) is 0 Å². The molecule has 0 bridgehead atoms. The summed E-state index contributed by atoms with van der Waals surface area (Å²) in [4.78, 5) is 13.9. The van der Waals surface area contributed by atoms with Crippen molar-refractivity contribution in [3.8, 4) is 0 Å². The molecule has 0 saturated carbocycles. The lowest BCUT2D eigenvalue weighted by Gasteiger charge is -2.31. The maximum atomic E-state index is 11.7. The van der Waals surface area contributed by atoms with Crippen molar-refractivity contribution in [2.24, 2.45) is 5.92 Å². The number of carbonyl (C=O) groups is 1. The summed E-state index contributed by atoms with van der Waals surface area (Å²) >= 11 is 0. The molecule has 4 nitrogen and oxygen atoms in total. The second-order valence-electron chi connectivity index (χ2n) is 5.13. The van der Waals surface area contributed by atoms with Gasteiger partial charge in [0.1, 0.15) is 0 Å². The summed E-state index contributed by atoms with van der Waals surface area (Å²) in [7, 11) is 0. The molecule has 2 N–H and O–H groups in total. The fourth-order valence-electron chi connectivity index (χ4n) is 2.80. The number of para-hydroxylation sites is 2. The predicted octanol–water partition coefficient (Wildman–Crippen LogP) is 1.44.